The van der Waals surface area contributed by atoms with E-state index in [0.29, 0.717) is 11.3 Å². The second kappa shape index (κ2) is 6.33. The van der Waals surface area contributed by atoms with Gasteiger partial charge in [-0.2, -0.15) is 0 Å². The van der Waals surface area contributed by atoms with Crippen LogP contribution in [0.4, 0.5) is 4.39 Å². The molecule has 1 unspecified atom stereocenters. The van der Waals surface area contributed by atoms with Crippen molar-refractivity contribution in [1.82, 2.24) is 20.3 Å². The van der Waals surface area contributed by atoms with E-state index in [1.54, 1.807) is 24.7 Å². The minimum absolute atomic E-state index is 0.295. The van der Waals surface area contributed by atoms with Crippen molar-refractivity contribution in [3.63, 3.8) is 0 Å². The van der Waals surface area contributed by atoms with Crippen molar-refractivity contribution < 1.29 is 4.39 Å². The summed E-state index contributed by atoms with van der Waals surface area (Å²) >= 11 is 0. The molecule has 0 bridgehead atoms. The standard InChI is InChI=1S/C14H17FN4/c1-3-5-17-14(11-4-6-16-8-12(11)15)13-9-18-10(2)7-19-13/h4,6-9,14,17H,3,5H2,1-2H3. The number of aryl methyl sites for hydroxylation is 1. The number of hydrogen-bond donors (Lipinski definition) is 1. The number of halogens is 1. The molecule has 0 fully saturated rings. The zero-order valence-corrected chi connectivity index (χ0v) is 11.1. The van der Waals surface area contributed by atoms with Crippen LogP contribution in [0.25, 0.3) is 0 Å². The Kier molecular flexibility index (Phi) is 4.52. The van der Waals surface area contributed by atoms with E-state index in [9.17, 15) is 4.39 Å². The molecule has 0 radical (unpaired) electrons. The van der Waals surface area contributed by atoms with E-state index in [2.05, 4.69) is 27.2 Å². The predicted molar refractivity (Wildman–Crippen MR) is 71.1 cm³/mol. The van der Waals surface area contributed by atoms with Crippen LogP contribution in [0.5, 0.6) is 0 Å². The van der Waals surface area contributed by atoms with Crippen molar-refractivity contribution in [2.45, 2.75) is 26.3 Å². The molecule has 2 heterocycles. The van der Waals surface area contributed by atoms with Gasteiger partial charge in [-0.3, -0.25) is 15.0 Å². The molecule has 0 saturated carbocycles. The van der Waals surface area contributed by atoms with E-state index in [4.69, 9.17) is 0 Å². The monoisotopic (exact) mass is 260 g/mol. The van der Waals surface area contributed by atoms with Crippen molar-refractivity contribution in [3.8, 4) is 0 Å². The molecule has 0 spiro atoms. The van der Waals surface area contributed by atoms with Gasteiger partial charge < -0.3 is 5.32 Å². The fourth-order valence-corrected chi connectivity index (χ4v) is 1.83. The third-order valence-electron chi connectivity index (χ3n) is 2.81. The summed E-state index contributed by atoms with van der Waals surface area (Å²) in [5.41, 5.74) is 2.10. The zero-order valence-electron chi connectivity index (χ0n) is 11.1. The van der Waals surface area contributed by atoms with Crippen molar-refractivity contribution in [3.05, 3.63) is 53.6 Å². The highest BCUT2D eigenvalue weighted by molar-refractivity contribution is 5.26. The molecule has 0 aliphatic heterocycles. The average Bonchev–Trinajstić information content (AvgIpc) is 2.43. The fourth-order valence-electron chi connectivity index (χ4n) is 1.83. The largest absolute Gasteiger partial charge is 0.305 e. The van der Waals surface area contributed by atoms with Gasteiger partial charge in [0, 0.05) is 18.0 Å². The van der Waals surface area contributed by atoms with Crippen molar-refractivity contribution in [2.75, 3.05) is 6.54 Å². The normalized spacial score (nSPS) is 12.4. The van der Waals surface area contributed by atoms with Gasteiger partial charge in [0.25, 0.3) is 0 Å². The van der Waals surface area contributed by atoms with E-state index >= 15 is 0 Å². The molecule has 5 heteroatoms. The van der Waals surface area contributed by atoms with Crippen molar-refractivity contribution in [1.29, 1.82) is 0 Å². The summed E-state index contributed by atoms with van der Waals surface area (Å²) in [6.45, 7) is 4.72. The molecule has 0 aromatic carbocycles. The lowest BCUT2D eigenvalue weighted by Gasteiger charge is -2.18. The molecular weight excluding hydrogens is 243 g/mol. The van der Waals surface area contributed by atoms with Crippen LogP contribution in [-0.2, 0) is 0 Å². The zero-order chi connectivity index (χ0) is 13.7. The van der Waals surface area contributed by atoms with Gasteiger partial charge in [-0.1, -0.05) is 6.92 Å². The first-order valence-corrected chi connectivity index (χ1v) is 6.33. The number of hydrogen-bond acceptors (Lipinski definition) is 4. The van der Waals surface area contributed by atoms with Gasteiger partial charge in [0.05, 0.1) is 29.8 Å². The number of rotatable bonds is 5. The molecule has 4 nitrogen and oxygen atoms in total. The van der Waals surface area contributed by atoms with Gasteiger partial charge in [0.1, 0.15) is 5.82 Å². The van der Waals surface area contributed by atoms with E-state index in [-0.39, 0.29) is 11.9 Å². The maximum absolute atomic E-state index is 13.9. The van der Waals surface area contributed by atoms with Crippen LogP contribution >= 0.6 is 0 Å². The summed E-state index contributed by atoms with van der Waals surface area (Å²) in [7, 11) is 0. The lowest BCUT2D eigenvalue weighted by atomic mass is 10.0. The lowest BCUT2D eigenvalue weighted by molar-refractivity contribution is 0.534. The molecule has 2 aromatic heterocycles. The molecule has 0 saturated heterocycles. The molecule has 0 aliphatic rings. The first-order valence-electron chi connectivity index (χ1n) is 6.33. The Balaban J connectivity index is 2.35. The van der Waals surface area contributed by atoms with Crippen molar-refractivity contribution in [2.24, 2.45) is 0 Å². The van der Waals surface area contributed by atoms with Crippen LogP contribution in [-0.4, -0.2) is 21.5 Å². The molecule has 2 aromatic rings. The summed E-state index contributed by atoms with van der Waals surface area (Å²) in [5.74, 6) is -0.335. The highest BCUT2D eigenvalue weighted by Gasteiger charge is 2.18. The van der Waals surface area contributed by atoms with Crippen LogP contribution in [0.1, 0.15) is 36.3 Å². The van der Waals surface area contributed by atoms with Gasteiger partial charge >= 0.3 is 0 Å². The summed E-state index contributed by atoms with van der Waals surface area (Å²) < 4.78 is 13.9. The van der Waals surface area contributed by atoms with Gasteiger partial charge in [0.15, 0.2) is 0 Å². The number of aromatic nitrogens is 3. The fraction of sp³-hybridized carbons (Fsp3) is 0.357. The quantitative estimate of drug-likeness (QED) is 0.897. The van der Waals surface area contributed by atoms with E-state index in [1.807, 2.05) is 6.92 Å². The Labute approximate surface area is 112 Å². The van der Waals surface area contributed by atoms with Gasteiger partial charge in [-0.05, 0) is 26.0 Å². The smallest absolute Gasteiger partial charge is 0.146 e. The van der Waals surface area contributed by atoms with E-state index in [1.165, 1.54) is 6.20 Å². The molecule has 0 aliphatic carbocycles. The van der Waals surface area contributed by atoms with E-state index < -0.39 is 0 Å². The number of nitrogens with zero attached hydrogens (tertiary/aromatic N) is 3. The maximum atomic E-state index is 13.9. The molecule has 1 N–H and O–H groups in total. The van der Waals surface area contributed by atoms with Crippen LogP contribution in [0, 0.1) is 12.7 Å². The van der Waals surface area contributed by atoms with Crippen molar-refractivity contribution >= 4 is 0 Å². The molecule has 19 heavy (non-hydrogen) atoms. The van der Waals surface area contributed by atoms with Gasteiger partial charge in [-0.25, -0.2) is 4.39 Å². The Morgan fingerprint density at radius 1 is 1.26 bits per heavy atom. The van der Waals surface area contributed by atoms with Gasteiger partial charge in [-0.15, -0.1) is 0 Å². The predicted octanol–water partition coefficient (Wildman–Crippen LogP) is 2.41. The Bertz CT molecular complexity index is 527. The van der Waals surface area contributed by atoms with Crippen LogP contribution < -0.4 is 5.32 Å². The molecule has 100 valence electrons. The molecule has 0 amide bonds. The Hall–Kier alpha value is -1.88. The highest BCUT2D eigenvalue weighted by Crippen LogP contribution is 2.21. The average molecular weight is 260 g/mol. The second-order valence-corrected chi connectivity index (χ2v) is 4.37. The first-order chi connectivity index (χ1) is 9.22. The summed E-state index contributed by atoms with van der Waals surface area (Å²) in [5, 5.41) is 3.29. The Morgan fingerprint density at radius 3 is 2.74 bits per heavy atom. The topological polar surface area (TPSA) is 50.7 Å². The number of pyridine rings is 1. The van der Waals surface area contributed by atoms with Crippen LogP contribution in [0.15, 0.2) is 30.9 Å². The van der Waals surface area contributed by atoms with Crippen LogP contribution in [0.3, 0.4) is 0 Å². The lowest BCUT2D eigenvalue weighted by Crippen LogP contribution is -2.25. The SMILES string of the molecule is CCCNC(c1cnc(C)cn1)c1ccncc1F. The summed E-state index contributed by atoms with van der Waals surface area (Å²) in [6, 6.07) is 1.38. The van der Waals surface area contributed by atoms with Crippen LogP contribution in [0.2, 0.25) is 0 Å². The summed E-state index contributed by atoms with van der Waals surface area (Å²) in [4.78, 5) is 12.3. The Morgan fingerprint density at radius 2 is 2.11 bits per heavy atom. The van der Waals surface area contributed by atoms with E-state index in [0.717, 1.165) is 18.7 Å². The maximum Gasteiger partial charge on any atom is 0.146 e. The second-order valence-electron chi connectivity index (χ2n) is 4.37. The molecule has 1 atom stereocenters. The third-order valence-corrected chi connectivity index (χ3v) is 2.81. The summed E-state index contributed by atoms with van der Waals surface area (Å²) in [6.07, 6.45) is 7.14. The number of nitrogens with one attached hydrogen (secondary N) is 1. The third kappa shape index (κ3) is 3.32. The van der Waals surface area contributed by atoms with Gasteiger partial charge in [0.2, 0.25) is 0 Å². The highest BCUT2D eigenvalue weighted by atomic mass is 19.1. The minimum Gasteiger partial charge on any atom is -0.305 e. The first kappa shape index (κ1) is 13.5. The molecular formula is C14H17FN4. The molecule has 2 rings (SSSR count). The minimum atomic E-state index is -0.335.